The number of aryl methyl sites for hydroxylation is 1. The molecule has 0 aliphatic heterocycles. The Labute approximate surface area is 122 Å². The standard InChI is InChI=1S/C12H10ClFN2O.C2H6O/c1-2-8-5-3-4-6-9(8)17-12-10(13)11(14)15-7-16-12;1-3-2/h3-7H,2H2,1H3;1-2H3. The summed E-state index contributed by atoms with van der Waals surface area (Å²) in [6.07, 6.45) is 1.88. The summed E-state index contributed by atoms with van der Waals surface area (Å²) < 4.78 is 22.8. The summed E-state index contributed by atoms with van der Waals surface area (Å²) in [5, 5.41) is -0.210. The lowest BCUT2D eigenvalue weighted by molar-refractivity contribution is 0.277. The number of para-hydroxylation sites is 1. The molecule has 1 aromatic heterocycles. The highest BCUT2D eigenvalue weighted by atomic mass is 35.5. The van der Waals surface area contributed by atoms with E-state index in [1.54, 1.807) is 20.3 Å². The Morgan fingerprint density at radius 3 is 2.50 bits per heavy atom. The second-order valence-electron chi connectivity index (χ2n) is 3.76. The summed E-state index contributed by atoms with van der Waals surface area (Å²) in [5.74, 6) is -0.138. The molecule has 20 heavy (non-hydrogen) atoms. The number of benzene rings is 1. The summed E-state index contributed by atoms with van der Waals surface area (Å²) >= 11 is 5.71. The fourth-order valence-corrected chi connectivity index (χ4v) is 1.54. The molecule has 0 atom stereocenters. The molecule has 2 rings (SSSR count). The van der Waals surface area contributed by atoms with Crippen LogP contribution in [0, 0.1) is 5.95 Å². The molecule has 0 spiro atoms. The van der Waals surface area contributed by atoms with Gasteiger partial charge in [-0.05, 0) is 18.1 Å². The van der Waals surface area contributed by atoms with Gasteiger partial charge in [0, 0.05) is 14.2 Å². The molecular weight excluding hydrogens is 283 g/mol. The van der Waals surface area contributed by atoms with Gasteiger partial charge >= 0.3 is 0 Å². The van der Waals surface area contributed by atoms with Crippen LogP contribution >= 0.6 is 11.6 Å². The highest BCUT2D eigenvalue weighted by Crippen LogP contribution is 2.29. The smallest absolute Gasteiger partial charge is 0.244 e. The van der Waals surface area contributed by atoms with E-state index in [1.807, 2.05) is 25.1 Å². The Bertz CT molecular complexity index is 552. The van der Waals surface area contributed by atoms with Gasteiger partial charge in [0.1, 0.15) is 12.1 Å². The first-order valence-corrected chi connectivity index (χ1v) is 6.33. The molecule has 0 amide bonds. The van der Waals surface area contributed by atoms with Crippen molar-refractivity contribution < 1.29 is 13.9 Å². The van der Waals surface area contributed by atoms with Crippen LogP contribution in [0.15, 0.2) is 30.6 Å². The van der Waals surface area contributed by atoms with Crippen LogP contribution in [0.3, 0.4) is 0 Å². The van der Waals surface area contributed by atoms with E-state index in [4.69, 9.17) is 16.3 Å². The second kappa shape index (κ2) is 8.45. The molecule has 0 saturated heterocycles. The number of methoxy groups -OCH3 is 1. The minimum atomic E-state index is -0.786. The summed E-state index contributed by atoms with van der Waals surface area (Å²) in [6, 6.07) is 7.46. The quantitative estimate of drug-likeness (QED) is 0.807. The van der Waals surface area contributed by atoms with Crippen molar-refractivity contribution in [2.75, 3.05) is 14.2 Å². The maximum absolute atomic E-state index is 13.1. The Kier molecular flexibility index (Phi) is 6.90. The van der Waals surface area contributed by atoms with Crippen LogP contribution in [0.1, 0.15) is 12.5 Å². The molecule has 0 fully saturated rings. The molecule has 0 N–H and O–H groups in total. The third-order valence-corrected chi connectivity index (χ3v) is 2.59. The van der Waals surface area contributed by atoms with Gasteiger partial charge in [-0.3, -0.25) is 0 Å². The van der Waals surface area contributed by atoms with Crippen LogP contribution < -0.4 is 4.74 Å². The molecular formula is C14H16ClFN2O2. The van der Waals surface area contributed by atoms with Crippen molar-refractivity contribution in [2.24, 2.45) is 0 Å². The first-order chi connectivity index (χ1) is 9.63. The van der Waals surface area contributed by atoms with Crippen molar-refractivity contribution in [3.63, 3.8) is 0 Å². The van der Waals surface area contributed by atoms with E-state index >= 15 is 0 Å². The molecule has 2 aromatic rings. The summed E-state index contributed by atoms with van der Waals surface area (Å²) in [5.41, 5.74) is 1.00. The number of halogens is 2. The van der Waals surface area contributed by atoms with E-state index in [1.165, 1.54) is 0 Å². The lowest BCUT2D eigenvalue weighted by Gasteiger charge is -2.09. The van der Waals surface area contributed by atoms with Gasteiger partial charge in [-0.2, -0.15) is 9.37 Å². The Hall–Kier alpha value is -1.72. The van der Waals surface area contributed by atoms with Gasteiger partial charge in [-0.15, -0.1) is 0 Å². The minimum absolute atomic E-state index is 0.0278. The van der Waals surface area contributed by atoms with E-state index in [-0.39, 0.29) is 10.9 Å². The molecule has 0 aliphatic carbocycles. The van der Waals surface area contributed by atoms with Crippen LogP contribution in [0.2, 0.25) is 5.02 Å². The van der Waals surface area contributed by atoms with Crippen LogP contribution in [-0.2, 0) is 11.2 Å². The average Bonchev–Trinajstić information content (AvgIpc) is 2.45. The van der Waals surface area contributed by atoms with Gasteiger partial charge in [0.25, 0.3) is 0 Å². The zero-order valence-corrected chi connectivity index (χ0v) is 12.3. The molecule has 1 heterocycles. The van der Waals surface area contributed by atoms with E-state index < -0.39 is 5.95 Å². The number of aromatic nitrogens is 2. The van der Waals surface area contributed by atoms with Gasteiger partial charge < -0.3 is 9.47 Å². The molecule has 1 aromatic carbocycles. The highest BCUT2D eigenvalue weighted by Gasteiger charge is 2.12. The molecule has 6 heteroatoms. The van der Waals surface area contributed by atoms with Gasteiger partial charge in [-0.1, -0.05) is 36.7 Å². The first-order valence-electron chi connectivity index (χ1n) is 5.95. The predicted molar refractivity (Wildman–Crippen MR) is 75.8 cm³/mol. The molecule has 0 unspecified atom stereocenters. The fourth-order valence-electron chi connectivity index (χ4n) is 1.40. The number of hydrogen-bond donors (Lipinski definition) is 0. The monoisotopic (exact) mass is 298 g/mol. The Morgan fingerprint density at radius 2 is 1.85 bits per heavy atom. The van der Waals surface area contributed by atoms with Gasteiger partial charge in [0.2, 0.25) is 11.8 Å². The molecule has 4 nitrogen and oxygen atoms in total. The number of hydrogen-bond acceptors (Lipinski definition) is 4. The molecule has 0 radical (unpaired) electrons. The van der Waals surface area contributed by atoms with Crippen molar-refractivity contribution in [3.05, 3.63) is 47.1 Å². The van der Waals surface area contributed by atoms with Crippen LogP contribution in [0.4, 0.5) is 4.39 Å². The van der Waals surface area contributed by atoms with Crippen LogP contribution in [-0.4, -0.2) is 24.2 Å². The largest absolute Gasteiger partial charge is 0.437 e. The third kappa shape index (κ3) is 4.43. The van der Waals surface area contributed by atoms with Crippen molar-refractivity contribution in [1.29, 1.82) is 0 Å². The predicted octanol–water partition coefficient (Wildman–Crippen LogP) is 3.89. The number of rotatable bonds is 3. The van der Waals surface area contributed by atoms with Crippen molar-refractivity contribution in [3.8, 4) is 11.6 Å². The van der Waals surface area contributed by atoms with E-state index in [0.717, 1.165) is 18.3 Å². The van der Waals surface area contributed by atoms with Crippen molar-refractivity contribution >= 4 is 11.6 Å². The van der Waals surface area contributed by atoms with Gasteiger partial charge in [0.05, 0.1) is 0 Å². The molecule has 108 valence electrons. The fraction of sp³-hybridized carbons (Fsp3) is 0.286. The van der Waals surface area contributed by atoms with E-state index in [2.05, 4.69) is 14.7 Å². The normalized spacial score (nSPS) is 9.65. The van der Waals surface area contributed by atoms with Crippen molar-refractivity contribution in [2.45, 2.75) is 13.3 Å². The maximum atomic E-state index is 13.1. The zero-order chi connectivity index (χ0) is 15.0. The van der Waals surface area contributed by atoms with Gasteiger partial charge in [0.15, 0.2) is 5.02 Å². The zero-order valence-electron chi connectivity index (χ0n) is 11.6. The summed E-state index contributed by atoms with van der Waals surface area (Å²) in [4.78, 5) is 7.14. The Morgan fingerprint density at radius 1 is 1.20 bits per heavy atom. The van der Waals surface area contributed by atoms with Gasteiger partial charge in [-0.25, -0.2) is 4.98 Å². The number of ether oxygens (including phenoxy) is 2. The highest BCUT2D eigenvalue weighted by molar-refractivity contribution is 6.31. The SMILES string of the molecule is CCc1ccccc1Oc1ncnc(F)c1Cl.COC. The van der Waals surface area contributed by atoms with E-state index in [9.17, 15) is 4.39 Å². The molecule has 0 bridgehead atoms. The average molecular weight is 299 g/mol. The number of nitrogens with zero attached hydrogens (tertiary/aromatic N) is 2. The lowest BCUT2D eigenvalue weighted by Crippen LogP contribution is -1.96. The third-order valence-electron chi connectivity index (χ3n) is 2.28. The van der Waals surface area contributed by atoms with Crippen LogP contribution in [0.25, 0.3) is 0 Å². The maximum Gasteiger partial charge on any atom is 0.244 e. The summed E-state index contributed by atoms with van der Waals surface area (Å²) in [7, 11) is 3.25. The van der Waals surface area contributed by atoms with E-state index in [0.29, 0.717) is 5.75 Å². The Balaban J connectivity index is 0.000000612. The lowest BCUT2D eigenvalue weighted by atomic mass is 10.1. The van der Waals surface area contributed by atoms with Crippen molar-refractivity contribution in [1.82, 2.24) is 9.97 Å². The molecule has 0 saturated carbocycles. The second-order valence-corrected chi connectivity index (χ2v) is 4.13. The topological polar surface area (TPSA) is 44.2 Å². The summed E-state index contributed by atoms with van der Waals surface area (Å²) in [6.45, 7) is 2.00. The van der Waals surface area contributed by atoms with Crippen LogP contribution in [0.5, 0.6) is 11.6 Å². The minimum Gasteiger partial charge on any atom is -0.437 e. The molecule has 0 aliphatic rings. The first kappa shape index (κ1) is 16.3.